The van der Waals surface area contributed by atoms with Crippen molar-refractivity contribution < 1.29 is 0 Å². The summed E-state index contributed by atoms with van der Waals surface area (Å²) in [4.78, 5) is 0. The van der Waals surface area contributed by atoms with E-state index in [1.807, 2.05) is 0 Å². The molecular weight excluding hydrogens is 294 g/mol. The Bertz CT molecular complexity index is 771. The molecule has 2 aromatic carbocycles. The summed E-state index contributed by atoms with van der Waals surface area (Å²) in [5, 5.41) is 11.1. The van der Waals surface area contributed by atoms with Gasteiger partial charge in [0.2, 0.25) is 0 Å². The van der Waals surface area contributed by atoms with Gasteiger partial charge in [-0.25, -0.2) is 0 Å². The molecule has 3 nitrogen and oxygen atoms in total. The third-order valence-electron chi connectivity index (χ3n) is 5.17. The second-order valence-corrected chi connectivity index (χ2v) is 6.97. The first-order valence-electron chi connectivity index (χ1n) is 8.92. The predicted molar refractivity (Wildman–Crippen MR) is 102 cm³/mol. The Morgan fingerprint density at radius 3 is 2.17 bits per heavy atom. The lowest BCUT2D eigenvalue weighted by molar-refractivity contribution is 0.587. The fraction of sp³-hybridized carbons (Fsp3) is 0.333. The number of fused-ring (bicyclic) bond motifs is 1. The van der Waals surface area contributed by atoms with Gasteiger partial charge in [-0.05, 0) is 49.9 Å². The Hall–Kier alpha value is -2.42. The van der Waals surface area contributed by atoms with Crippen molar-refractivity contribution in [2.75, 3.05) is 10.6 Å². The molecule has 1 heterocycles. The molecule has 24 heavy (non-hydrogen) atoms. The molecule has 124 valence electrons. The molecule has 1 saturated carbocycles. The van der Waals surface area contributed by atoms with Gasteiger partial charge in [0.1, 0.15) is 5.82 Å². The lowest BCUT2D eigenvalue weighted by Gasteiger charge is -2.29. The Morgan fingerprint density at radius 2 is 1.50 bits per heavy atom. The Labute approximate surface area is 144 Å². The largest absolute Gasteiger partial charge is 0.367 e. The first-order chi connectivity index (χ1) is 11.7. The SMILES string of the molecule is Cc1cc2c(cc1C)NC(c1ccccc1)=C(NC1CCCC1)N2. The average molecular weight is 319 g/mol. The van der Waals surface area contributed by atoms with Crippen LogP contribution < -0.4 is 16.0 Å². The van der Waals surface area contributed by atoms with Crippen LogP contribution in [0.3, 0.4) is 0 Å². The molecule has 0 spiro atoms. The smallest absolute Gasteiger partial charge is 0.128 e. The molecule has 0 saturated heterocycles. The van der Waals surface area contributed by atoms with Gasteiger partial charge < -0.3 is 16.0 Å². The Kier molecular flexibility index (Phi) is 3.93. The van der Waals surface area contributed by atoms with Crippen LogP contribution in [-0.4, -0.2) is 6.04 Å². The Morgan fingerprint density at radius 1 is 0.875 bits per heavy atom. The standard InChI is InChI=1S/C21H25N3/c1-14-12-18-19(13-15(14)2)24-21(22-17-10-6-7-11-17)20(23-18)16-8-4-3-5-9-16/h3-5,8-9,12-13,17,22-24H,6-7,10-11H2,1-2H3. The van der Waals surface area contributed by atoms with Gasteiger partial charge in [-0.3, -0.25) is 0 Å². The molecule has 0 unspecified atom stereocenters. The van der Waals surface area contributed by atoms with E-state index in [-0.39, 0.29) is 0 Å². The number of hydrogen-bond donors (Lipinski definition) is 3. The summed E-state index contributed by atoms with van der Waals surface area (Å²) >= 11 is 0. The van der Waals surface area contributed by atoms with Crippen LogP contribution in [0.4, 0.5) is 11.4 Å². The minimum atomic E-state index is 0.570. The fourth-order valence-electron chi connectivity index (χ4n) is 3.62. The lowest BCUT2D eigenvalue weighted by Crippen LogP contribution is -2.33. The normalized spacial score (nSPS) is 17.2. The third-order valence-corrected chi connectivity index (χ3v) is 5.17. The van der Waals surface area contributed by atoms with Gasteiger partial charge in [0, 0.05) is 11.6 Å². The highest BCUT2D eigenvalue weighted by atomic mass is 15.2. The molecule has 0 aromatic heterocycles. The van der Waals surface area contributed by atoms with E-state index in [0.29, 0.717) is 6.04 Å². The number of hydrogen-bond acceptors (Lipinski definition) is 3. The molecule has 2 aromatic rings. The third kappa shape index (κ3) is 2.86. The number of aryl methyl sites for hydroxylation is 2. The van der Waals surface area contributed by atoms with Crippen LogP contribution in [0.25, 0.3) is 5.70 Å². The number of anilines is 2. The molecule has 4 rings (SSSR count). The van der Waals surface area contributed by atoms with Crippen molar-refractivity contribution >= 4 is 17.1 Å². The molecule has 0 radical (unpaired) electrons. The van der Waals surface area contributed by atoms with Crippen LogP contribution in [0.1, 0.15) is 42.4 Å². The summed E-state index contributed by atoms with van der Waals surface area (Å²) < 4.78 is 0. The summed E-state index contributed by atoms with van der Waals surface area (Å²) in [7, 11) is 0. The van der Waals surface area contributed by atoms with Crippen molar-refractivity contribution in [2.24, 2.45) is 0 Å². The first kappa shape index (κ1) is 15.1. The summed E-state index contributed by atoms with van der Waals surface area (Å²) in [6, 6.07) is 15.6. The predicted octanol–water partition coefficient (Wildman–Crippen LogP) is 5.00. The highest BCUT2D eigenvalue weighted by Crippen LogP contribution is 2.35. The van der Waals surface area contributed by atoms with Crippen LogP contribution >= 0.6 is 0 Å². The molecule has 1 aliphatic heterocycles. The van der Waals surface area contributed by atoms with Crippen LogP contribution in [-0.2, 0) is 0 Å². The molecule has 3 heteroatoms. The van der Waals surface area contributed by atoms with Crippen LogP contribution in [0, 0.1) is 13.8 Å². The zero-order valence-electron chi connectivity index (χ0n) is 14.4. The van der Waals surface area contributed by atoms with E-state index in [0.717, 1.165) is 22.9 Å². The lowest BCUT2D eigenvalue weighted by atomic mass is 10.0. The van der Waals surface area contributed by atoms with Gasteiger partial charge in [-0.2, -0.15) is 0 Å². The zero-order chi connectivity index (χ0) is 16.5. The molecule has 0 atom stereocenters. The molecule has 1 aliphatic carbocycles. The molecule has 0 amide bonds. The van der Waals surface area contributed by atoms with Gasteiger partial charge in [0.05, 0.1) is 17.1 Å². The minimum Gasteiger partial charge on any atom is -0.367 e. The number of rotatable bonds is 3. The van der Waals surface area contributed by atoms with E-state index in [1.165, 1.54) is 42.4 Å². The van der Waals surface area contributed by atoms with Gasteiger partial charge in [-0.15, -0.1) is 0 Å². The van der Waals surface area contributed by atoms with Crippen LogP contribution in [0.5, 0.6) is 0 Å². The van der Waals surface area contributed by atoms with Crippen LogP contribution in [0.15, 0.2) is 48.3 Å². The molecule has 2 aliphatic rings. The minimum absolute atomic E-state index is 0.570. The molecular formula is C21H25N3. The first-order valence-corrected chi connectivity index (χ1v) is 8.92. The second-order valence-electron chi connectivity index (χ2n) is 6.97. The number of benzene rings is 2. The summed E-state index contributed by atoms with van der Waals surface area (Å²) in [5.41, 5.74) is 7.26. The highest BCUT2D eigenvalue weighted by Gasteiger charge is 2.23. The molecule has 0 bridgehead atoms. The maximum Gasteiger partial charge on any atom is 0.128 e. The summed E-state index contributed by atoms with van der Waals surface area (Å²) in [6.07, 6.45) is 5.17. The van der Waals surface area contributed by atoms with Crippen molar-refractivity contribution in [1.82, 2.24) is 5.32 Å². The van der Waals surface area contributed by atoms with E-state index >= 15 is 0 Å². The maximum atomic E-state index is 3.75. The van der Waals surface area contributed by atoms with Crippen molar-refractivity contribution in [3.63, 3.8) is 0 Å². The van der Waals surface area contributed by atoms with Gasteiger partial charge in [0.15, 0.2) is 0 Å². The van der Waals surface area contributed by atoms with Crippen molar-refractivity contribution in [3.8, 4) is 0 Å². The quantitative estimate of drug-likeness (QED) is 0.745. The molecule has 3 N–H and O–H groups in total. The monoisotopic (exact) mass is 319 g/mol. The topological polar surface area (TPSA) is 36.1 Å². The Balaban J connectivity index is 1.73. The van der Waals surface area contributed by atoms with Crippen molar-refractivity contribution in [2.45, 2.75) is 45.6 Å². The van der Waals surface area contributed by atoms with Gasteiger partial charge in [-0.1, -0.05) is 43.2 Å². The van der Waals surface area contributed by atoms with E-state index in [2.05, 4.69) is 72.3 Å². The molecule has 1 fully saturated rings. The van der Waals surface area contributed by atoms with E-state index in [1.54, 1.807) is 0 Å². The van der Waals surface area contributed by atoms with Crippen molar-refractivity contribution in [1.29, 1.82) is 0 Å². The van der Waals surface area contributed by atoms with E-state index in [9.17, 15) is 0 Å². The summed E-state index contributed by atoms with van der Waals surface area (Å²) in [5.74, 6) is 1.10. The maximum absolute atomic E-state index is 3.75. The van der Waals surface area contributed by atoms with Crippen LogP contribution in [0.2, 0.25) is 0 Å². The zero-order valence-corrected chi connectivity index (χ0v) is 14.4. The second kappa shape index (κ2) is 6.23. The van der Waals surface area contributed by atoms with Gasteiger partial charge >= 0.3 is 0 Å². The van der Waals surface area contributed by atoms with E-state index in [4.69, 9.17) is 0 Å². The fourth-order valence-corrected chi connectivity index (χ4v) is 3.62. The number of nitrogens with one attached hydrogen (secondary N) is 3. The average Bonchev–Trinajstić information content (AvgIpc) is 3.10. The van der Waals surface area contributed by atoms with Crippen molar-refractivity contribution in [3.05, 3.63) is 65.0 Å². The summed E-state index contributed by atoms with van der Waals surface area (Å²) in [6.45, 7) is 4.33. The van der Waals surface area contributed by atoms with Gasteiger partial charge in [0.25, 0.3) is 0 Å². The highest BCUT2D eigenvalue weighted by molar-refractivity contribution is 5.90. The van der Waals surface area contributed by atoms with E-state index < -0.39 is 0 Å².